The molecule has 1 fully saturated rings. The van der Waals surface area contributed by atoms with E-state index in [9.17, 15) is 4.79 Å². The minimum atomic E-state index is -0.0244. The normalized spacial score (nSPS) is 15.8. The van der Waals surface area contributed by atoms with E-state index in [0.717, 1.165) is 31.1 Å². The molecule has 0 bridgehead atoms. The van der Waals surface area contributed by atoms with Crippen molar-refractivity contribution in [2.45, 2.75) is 59.5 Å². The van der Waals surface area contributed by atoms with Gasteiger partial charge < -0.3 is 5.32 Å². The predicted octanol–water partition coefficient (Wildman–Crippen LogP) is 6.56. The summed E-state index contributed by atoms with van der Waals surface area (Å²) in [4.78, 5) is 15.4. The minimum absolute atomic E-state index is 0.0154. The molecule has 0 unspecified atom stereocenters. The standard InChI is InChI=1S/C31H38N2O/c1-22-18-24(3)30(19-23(22)2)25(4)32-31(34)29-12-10-28(11-13-29)21-33-16-14-27(15-17-33)20-26-8-6-5-7-9-26/h5-13,18-19,25,27H,14-17,20-21H2,1-4H3,(H,32,34)/t25-/m0/s1. The highest BCUT2D eigenvalue weighted by molar-refractivity contribution is 5.94. The molecular weight excluding hydrogens is 416 g/mol. The lowest BCUT2D eigenvalue weighted by Gasteiger charge is -2.32. The topological polar surface area (TPSA) is 32.3 Å². The Morgan fingerprint density at radius 1 is 0.882 bits per heavy atom. The molecule has 0 radical (unpaired) electrons. The number of piperidine rings is 1. The van der Waals surface area contributed by atoms with Gasteiger partial charge in [-0.15, -0.1) is 0 Å². The molecule has 1 N–H and O–H groups in total. The summed E-state index contributed by atoms with van der Waals surface area (Å²) in [7, 11) is 0. The maximum absolute atomic E-state index is 12.9. The van der Waals surface area contributed by atoms with Crippen LogP contribution in [0.4, 0.5) is 0 Å². The Morgan fingerprint density at radius 2 is 1.53 bits per heavy atom. The van der Waals surface area contributed by atoms with E-state index in [4.69, 9.17) is 0 Å². The average Bonchev–Trinajstić information content (AvgIpc) is 2.83. The summed E-state index contributed by atoms with van der Waals surface area (Å²) in [5, 5.41) is 3.18. The highest BCUT2D eigenvalue weighted by atomic mass is 16.1. The number of amides is 1. The molecule has 1 amide bonds. The van der Waals surface area contributed by atoms with E-state index >= 15 is 0 Å². The third kappa shape index (κ3) is 6.15. The zero-order chi connectivity index (χ0) is 24.1. The third-order valence-electron chi connectivity index (χ3n) is 7.39. The van der Waals surface area contributed by atoms with Gasteiger partial charge in [0.1, 0.15) is 0 Å². The second-order valence-electron chi connectivity index (χ2n) is 10.1. The van der Waals surface area contributed by atoms with Crippen LogP contribution in [0, 0.1) is 26.7 Å². The van der Waals surface area contributed by atoms with Gasteiger partial charge in [-0.2, -0.15) is 0 Å². The zero-order valence-corrected chi connectivity index (χ0v) is 21.1. The van der Waals surface area contributed by atoms with Crippen molar-refractivity contribution in [3.63, 3.8) is 0 Å². The van der Waals surface area contributed by atoms with Crippen LogP contribution in [0.3, 0.4) is 0 Å². The molecule has 1 saturated heterocycles. The number of hydrogen-bond acceptors (Lipinski definition) is 2. The largest absolute Gasteiger partial charge is 0.346 e. The summed E-state index contributed by atoms with van der Waals surface area (Å²) in [6.07, 6.45) is 3.70. The molecule has 3 aromatic rings. The molecule has 178 valence electrons. The van der Waals surface area contributed by atoms with Crippen molar-refractivity contribution in [2.24, 2.45) is 5.92 Å². The molecule has 1 atom stereocenters. The van der Waals surface area contributed by atoms with Crippen molar-refractivity contribution < 1.29 is 4.79 Å². The van der Waals surface area contributed by atoms with Gasteiger partial charge in [0.05, 0.1) is 6.04 Å². The molecule has 3 aromatic carbocycles. The number of hydrogen-bond donors (Lipinski definition) is 1. The van der Waals surface area contributed by atoms with Crippen molar-refractivity contribution in [2.75, 3.05) is 13.1 Å². The molecule has 1 heterocycles. The number of carbonyl (C=O) groups excluding carboxylic acids is 1. The first-order valence-corrected chi connectivity index (χ1v) is 12.6. The van der Waals surface area contributed by atoms with Crippen LogP contribution in [0.1, 0.15) is 69.5 Å². The number of rotatable bonds is 7. The van der Waals surface area contributed by atoms with Crippen LogP contribution in [-0.4, -0.2) is 23.9 Å². The molecule has 0 aromatic heterocycles. The molecule has 0 spiro atoms. The van der Waals surface area contributed by atoms with Gasteiger partial charge in [0, 0.05) is 12.1 Å². The van der Waals surface area contributed by atoms with E-state index in [1.54, 1.807) is 0 Å². The van der Waals surface area contributed by atoms with Gasteiger partial charge in [-0.05, 0) is 111 Å². The Hall–Kier alpha value is -2.91. The summed E-state index contributed by atoms with van der Waals surface area (Å²) in [6.45, 7) is 11.7. The number of nitrogens with one attached hydrogen (secondary N) is 1. The molecule has 34 heavy (non-hydrogen) atoms. The van der Waals surface area contributed by atoms with E-state index in [1.165, 1.54) is 52.6 Å². The SMILES string of the molecule is Cc1cc(C)c([C@H](C)NC(=O)c2ccc(CN3CCC(Cc4ccccc4)CC3)cc2)cc1C. The maximum atomic E-state index is 12.9. The van der Waals surface area contributed by atoms with Gasteiger partial charge >= 0.3 is 0 Å². The van der Waals surface area contributed by atoms with E-state index in [2.05, 4.69) is 92.5 Å². The molecular formula is C31H38N2O. The van der Waals surface area contributed by atoms with E-state index in [1.807, 2.05) is 12.1 Å². The fraction of sp³-hybridized carbons (Fsp3) is 0.387. The van der Waals surface area contributed by atoms with E-state index in [-0.39, 0.29) is 11.9 Å². The molecule has 1 aliphatic rings. The summed E-state index contributed by atoms with van der Waals surface area (Å²) in [6, 6.07) is 23.4. The van der Waals surface area contributed by atoms with Crippen molar-refractivity contribution in [1.82, 2.24) is 10.2 Å². The first kappa shape index (κ1) is 24.2. The maximum Gasteiger partial charge on any atom is 0.251 e. The molecule has 0 saturated carbocycles. The third-order valence-corrected chi connectivity index (χ3v) is 7.39. The van der Waals surface area contributed by atoms with Gasteiger partial charge in [-0.1, -0.05) is 54.6 Å². The Bertz CT molecular complexity index is 1100. The monoisotopic (exact) mass is 454 g/mol. The lowest BCUT2D eigenvalue weighted by molar-refractivity contribution is 0.0939. The summed E-state index contributed by atoms with van der Waals surface area (Å²) >= 11 is 0. The number of nitrogens with zero attached hydrogens (tertiary/aromatic N) is 1. The molecule has 3 nitrogen and oxygen atoms in total. The molecule has 4 rings (SSSR count). The summed E-state index contributed by atoms with van der Waals surface area (Å²) in [5.74, 6) is 0.770. The number of likely N-dealkylation sites (tertiary alicyclic amines) is 1. The van der Waals surface area contributed by atoms with Crippen molar-refractivity contribution in [1.29, 1.82) is 0 Å². The first-order chi connectivity index (χ1) is 16.4. The average molecular weight is 455 g/mol. The quantitative estimate of drug-likeness (QED) is 0.439. The van der Waals surface area contributed by atoms with Crippen molar-refractivity contribution in [3.05, 3.63) is 106 Å². The van der Waals surface area contributed by atoms with Crippen molar-refractivity contribution in [3.8, 4) is 0 Å². The first-order valence-electron chi connectivity index (χ1n) is 12.6. The highest BCUT2D eigenvalue weighted by Crippen LogP contribution is 2.24. The van der Waals surface area contributed by atoms with Gasteiger partial charge in [0.15, 0.2) is 0 Å². The molecule has 3 heteroatoms. The van der Waals surface area contributed by atoms with Crippen LogP contribution >= 0.6 is 0 Å². The zero-order valence-electron chi connectivity index (χ0n) is 21.1. The van der Waals surface area contributed by atoms with Crippen LogP contribution in [0.15, 0.2) is 66.7 Å². The predicted molar refractivity (Wildman–Crippen MR) is 141 cm³/mol. The Kier molecular flexibility index (Phi) is 7.84. The van der Waals surface area contributed by atoms with Crippen LogP contribution in [0.25, 0.3) is 0 Å². The Labute approximate surface area is 205 Å². The Morgan fingerprint density at radius 3 is 2.21 bits per heavy atom. The second kappa shape index (κ2) is 11.0. The van der Waals surface area contributed by atoms with Gasteiger partial charge in [0.2, 0.25) is 0 Å². The second-order valence-corrected chi connectivity index (χ2v) is 10.1. The van der Waals surface area contributed by atoms with Crippen molar-refractivity contribution >= 4 is 5.91 Å². The van der Waals surface area contributed by atoms with Crippen LogP contribution in [0.5, 0.6) is 0 Å². The van der Waals surface area contributed by atoms with Gasteiger partial charge in [-0.3, -0.25) is 9.69 Å². The smallest absolute Gasteiger partial charge is 0.251 e. The van der Waals surface area contributed by atoms with Crippen LogP contribution in [0.2, 0.25) is 0 Å². The summed E-state index contributed by atoms with van der Waals surface area (Å²) in [5.41, 5.74) is 8.40. The number of aryl methyl sites for hydroxylation is 3. The molecule has 1 aliphatic heterocycles. The van der Waals surface area contributed by atoms with Crippen LogP contribution in [-0.2, 0) is 13.0 Å². The summed E-state index contributed by atoms with van der Waals surface area (Å²) < 4.78 is 0. The lowest BCUT2D eigenvalue weighted by atomic mass is 9.90. The molecule has 0 aliphatic carbocycles. The van der Waals surface area contributed by atoms with Crippen LogP contribution < -0.4 is 5.32 Å². The van der Waals surface area contributed by atoms with E-state index in [0.29, 0.717) is 0 Å². The fourth-order valence-corrected chi connectivity index (χ4v) is 5.12. The van der Waals surface area contributed by atoms with E-state index < -0.39 is 0 Å². The number of carbonyl (C=O) groups is 1. The van der Waals surface area contributed by atoms with Gasteiger partial charge in [0.25, 0.3) is 5.91 Å². The number of benzene rings is 3. The lowest BCUT2D eigenvalue weighted by Crippen LogP contribution is -2.33. The minimum Gasteiger partial charge on any atom is -0.346 e. The highest BCUT2D eigenvalue weighted by Gasteiger charge is 2.20. The fourth-order valence-electron chi connectivity index (χ4n) is 5.12. The Balaban J connectivity index is 1.28. The van der Waals surface area contributed by atoms with Gasteiger partial charge in [-0.25, -0.2) is 0 Å².